The van der Waals surface area contributed by atoms with Crippen LogP contribution in [-0.2, 0) is 11.2 Å². The predicted molar refractivity (Wildman–Crippen MR) is 72.7 cm³/mol. The highest BCUT2D eigenvalue weighted by molar-refractivity contribution is 5.81. The van der Waals surface area contributed by atoms with Crippen LogP contribution in [0.1, 0.15) is 37.1 Å². The number of benzene rings is 1. The van der Waals surface area contributed by atoms with E-state index in [2.05, 4.69) is 16.0 Å². The fourth-order valence-electron chi connectivity index (χ4n) is 2.62. The maximum absolute atomic E-state index is 9.05. The maximum atomic E-state index is 9.05. The number of nitrogens with one attached hydrogen (secondary N) is 1. The van der Waals surface area contributed by atoms with Gasteiger partial charge in [0.25, 0.3) is 0 Å². The lowest BCUT2D eigenvalue weighted by atomic mass is 10.0. The van der Waals surface area contributed by atoms with E-state index in [0.717, 1.165) is 42.7 Å². The van der Waals surface area contributed by atoms with E-state index in [1.165, 1.54) is 12.8 Å². The summed E-state index contributed by atoms with van der Waals surface area (Å²) in [6.45, 7) is 0.892. The first kappa shape index (κ1) is 12.2. The number of hydrogen-bond donors (Lipinski definition) is 1. The summed E-state index contributed by atoms with van der Waals surface area (Å²) < 4.78 is 5.72. The van der Waals surface area contributed by atoms with Crippen molar-refractivity contribution < 1.29 is 4.74 Å². The Hall–Kier alpha value is -1.86. The zero-order valence-electron chi connectivity index (χ0n) is 10.9. The molecule has 1 aromatic carbocycles. The van der Waals surface area contributed by atoms with Crippen LogP contribution in [0.3, 0.4) is 0 Å². The van der Waals surface area contributed by atoms with Crippen LogP contribution in [0.4, 0.5) is 0 Å². The molecule has 0 aliphatic carbocycles. The van der Waals surface area contributed by atoms with E-state index >= 15 is 0 Å². The van der Waals surface area contributed by atoms with Crippen molar-refractivity contribution in [2.75, 3.05) is 6.61 Å². The molecule has 1 aliphatic rings. The van der Waals surface area contributed by atoms with E-state index in [1.54, 1.807) is 6.07 Å². The molecule has 1 unspecified atom stereocenters. The summed E-state index contributed by atoms with van der Waals surface area (Å²) in [5, 5.41) is 9.05. The van der Waals surface area contributed by atoms with Crippen LogP contribution in [0.15, 0.2) is 18.2 Å². The van der Waals surface area contributed by atoms with Gasteiger partial charge in [0.15, 0.2) is 0 Å². The molecule has 0 bridgehead atoms. The highest BCUT2D eigenvalue weighted by Gasteiger charge is 2.15. The molecule has 1 atom stereocenters. The van der Waals surface area contributed by atoms with Gasteiger partial charge in [-0.25, -0.2) is 4.98 Å². The third kappa shape index (κ3) is 2.61. The van der Waals surface area contributed by atoms with E-state index in [0.29, 0.717) is 11.7 Å². The molecular weight excluding hydrogens is 238 g/mol. The third-order valence-electron chi connectivity index (χ3n) is 3.66. The van der Waals surface area contributed by atoms with E-state index in [4.69, 9.17) is 10.00 Å². The number of H-pyrrole nitrogens is 1. The molecule has 1 saturated heterocycles. The minimum absolute atomic E-state index is 0.373. The van der Waals surface area contributed by atoms with Gasteiger partial charge in [-0.15, -0.1) is 0 Å². The summed E-state index contributed by atoms with van der Waals surface area (Å²) in [6, 6.07) is 7.83. The number of ether oxygens (including phenoxy) is 1. The van der Waals surface area contributed by atoms with Gasteiger partial charge in [-0.05, 0) is 37.8 Å². The lowest BCUT2D eigenvalue weighted by Crippen LogP contribution is -2.19. The Labute approximate surface area is 112 Å². The first-order valence-electron chi connectivity index (χ1n) is 6.86. The first-order valence-corrected chi connectivity index (χ1v) is 6.86. The molecule has 0 spiro atoms. The number of para-hydroxylation sites is 1. The van der Waals surface area contributed by atoms with Gasteiger partial charge in [-0.1, -0.05) is 6.07 Å². The molecule has 1 aromatic heterocycles. The predicted octanol–water partition coefficient (Wildman–Crippen LogP) is 2.94. The Morgan fingerprint density at radius 3 is 3.16 bits per heavy atom. The summed E-state index contributed by atoms with van der Waals surface area (Å²) in [5.74, 6) is 0.951. The Bertz CT molecular complexity index is 605. The van der Waals surface area contributed by atoms with Gasteiger partial charge in [0.1, 0.15) is 17.4 Å². The number of aromatic amines is 1. The molecule has 2 aromatic rings. The molecule has 1 N–H and O–H groups in total. The summed E-state index contributed by atoms with van der Waals surface area (Å²) in [5.41, 5.74) is 2.36. The molecule has 4 nitrogen and oxygen atoms in total. The number of fused-ring (bicyclic) bond motifs is 1. The molecule has 0 amide bonds. The van der Waals surface area contributed by atoms with Crippen LogP contribution in [0.5, 0.6) is 0 Å². The quantitative estimate of drug-likeness (QED) is 0.917. The highest BCUT2D eigenvalue weighted by atomic mass is 16.5. The number of aromatic nitrogens is 2. The minimum atomic E-state index is 0.373. The summed E-state index contributed by atoms with van der Waals surface area (Å²) >= 11 is 0. The number of rotatable bonds is 3. The summed E-state index contributed by atoms with van der Waals surface area (Å²) in [7, 11) is 0. The van der Waals surface area contributed by atoms with Gasteiger partial charge in [0.05, 0.1) is 17.2 Å². The molecule has 0 saturated carbocycles. The third-order valence-corrected chi connectivity index (χ3v) is 3.66. The van der Waals surface area contributed by atoms with Gasteiger partial charge in [-0.3, -0.25) is 0 Å². The monoisotopic (exact) mass is 255 g/mol. The van der Waals surface area contributed by atoms with E-state index in [1.807, 2.05) is 12.1 Å². The molecule has 3 rings (SSSR count). The van der Waals surface area contributed by atoms with Gasteiger partial charge < -0.3 is 9.72 Å². The van der Waals surface area contributed by atoms with E-state index < -0.39 is 0 Å². The van der Waals surface area contributed by atoms with Gasteiger partial charge in [0.2, 0.25) is 0 Å². The first-order chi connectivity index (χ1) is 9.36. The Morgan fingerprint density at radius 2 is 2.37 bits per heavy atom. The highest BCUT2D eigenvalue weighted by Crippen LogP contribution is 2.19. The summed E-state index contributed by atoms with van der Waals surface area (Å²) in [4.78, 5) is 7.83. The van der Waals surface area contributed by atoms with Crippen LogP contribution >= 0.6 is 0 Å². The molecule has 19 heavy (non-hydrogen) atoms. The molecule has 4 heteroatoms. The van der Waals surface area contributed by atoms with Crippen LogP contribution in [-0.4, -0.2) is 22.7 Å². The largest absolute Gasteiger partial charge is 0.378 e. The van der Waals surface area contributed by atoms with Crippen molar-refractivity contribution in [3.63, 3.8) is 0 Å². The van der Waals surface area contributed by atoms with Gasteiger partial charge >= 0.3 is 0 Å². The fourth-order valence-corrected chi connectivity index (χ4v) is 2.62. The van der Waals surface area contributed by atoms with Crippen molar-refractivity contribution >= 4 is 11.0 Å². The van der Waals surface area contributed by atoms with Gasteiger partial charge in [0, 0.05) is 13.0 Å². The number of imidazole rings is 1. The van der Waals surface area contributed by atoms with Crippen LogP contribution in [0, 0.1) is 11.3 Å². The molecule has 98 valence electrons. The van der Waals surface area contributed by atoms with Crippen molar-refractivity contribution in [3.05, 3.63) is 29.6 Å². The van der Waals surface area contributed by atoms with Crippen molar-refractivity contribution in [2.45, 2.75) is 38.2 Å². The average Bonchev–Trinajstić information content (AvgIpc) is 2.89. The van der Waals surface area contributed by atoms with Crippen LogP contribution in [0.2, 0.25) is 0 Å². The Balaban J connectivity index is 1.73. The van der Waals surface area contributed by atoms with Crippen molar-refractivity contribution in [2.24, 2.45) is 0 Å². The Kier molecular flexibility index (Phi) is 3.47. The van der Waals surface area contributed by atoms with E-state index in [-0.39, 0.29) is 0 Å². The summed E-state index contributed by atoms with van der Waals surface area (Å²) in [6.07, 6.45) is 5.86. The second kappa shape index (κ2) is 5.41. The van der Waals surface area contributed by atoms with E-state index in [9.17, 15) is 0 Å². The standard InChI is InChI=1S/C15H17N3O/c16-10-11-4-3-6-13-15(11)18-14(17-13)8-7-12-5-1-2-9-19-12/h3-4,6,12H,1-2,5,7-9H2,(H,17,18). The lowest BCUT2D eigenvalue weighted by Gasteiger charge is -2.21. The minimum Gasteiger partial charge on any atom is -0.378 e. The zero-order chi connectivity index (χ0) is 13.1. The maximum Gasteiger partial charge on any atom is 0.107 e. The molecule has 1 aliphatic heterocycles. The second-order valence-electron chi connectivity index (χ2n) is 5.02. The SMILES string of the molecule is N#Cc1cccc2[nH]c(CCC3CCCCO3)nc12. The van der Waals surface area contributed by atoms with Crippen molar-refractivity contribution in [3.8, 4) is 6.07 Å². The Morgan fingerprint density at radius 1 is 1.42 bits per heavy atom. The fraction of sp³-hybridized carbons (Fsp3) is 0.467. The topological polar surface area (TPSA) is 61.7 Å². The lowest BCUT2D eigenvalue weighted by molar-refractivity contribution is 0.0112. The molecule has 1 fully saturated rings. The van der Waals surface area contributed by atoms with Crippen molar-refractivity contribution in [1.82, 2.24) is 9.97 Å². The van der Waals surface area contributed by atoms with Gasteiger partial charge in [-0.2, -0.15) is 5.26 Å². The number of nitriles is 1. The molecular formula is C15H17N3O. The van der Waals surface area contributed by atoms with Crippen LogP contribution < -0.4 is 0 Å². The second-order valence-corrected chi connectivity index (χ2v) is 5.02. The number of hydrogen-bond acceptors (Lipinski definition) is 3. The number of nitrogens with zero attached hydrogens (tertiary/aromatic N) is 2. The number of aryl methyl sites for hydroxylation is 1. The van der Waals surface area contributed by atoms with Crippen LogP contribution in [0.25, 0.3) is 11.0 Å². The normalized spacial score (nSPS) is 19.4. The molecule has 2 heterocycles. The average molecular weight is 255 g/mol. The molecule has 0 radical (unpaired) electrons. The smallest absolute Gasteiger partial charge is 0.107 e. The van der Waals surface area contributed by atoms with Crippen molar-refractivity contribution in [1.29, 1.82) is 5.26 Å². The zero-order valence-corrected chi connectivity index (χ0v) is 10.9.